The van der Waals surface area contributed by atoms with Crippen molar-refractivity contribution in [2.75, 3.05) is 26.3 Å². The Morgan fingerprint density at radius 1 is 1.48 bits per heavy atom. The molecule has 0 saturated carbocycles. The van der Waals surface area contributed by atoms with Gasteiger partial charge in [0.15, 0.2) is 0 Å². The highest BCUT2D eigenvalue weighted by Gasteiger charge is 2.22. The molecule has 0 spiro atoms. The zero-order chi connectivity index (χ0) is 16.1. The molecular formula is C18H21N3O2. The quantitative estimate of drug-likeness (QED) is 0.788. The highest BCUT2D eigenvalue weighted by atomic mass is 16.5. The highest BCUT2D eigenvalue weighted by molar-refractivity contribution is 5.38. The standard InChI is InChI=1S/C18H21N3O2/c1-3-15-5-4-6-16(11-15)23-14-17-12-21(9-10-22-17)13-18-19-7-8-20(18)2/h1,4-8,11,17H,9-10,12-14H2,2H3. The molecule has 0 bridgehead atoms. The fraction of sp³-hybridized carbons (Fsp3) is 0.389. The lowest BCUT2D eigenvalue weighted by Gasteiger charge is -2.32. The predicted octanol–water partition coefficient (Wildman–Crippen LogP) is 1.68. The third-order valence-electron chi connectivity index (χ3n) is 3.95. The summed E-state index contributed by atoms with van der Waals surface area (Å²) < 4.78 is 13.7. The summed E-state index contributed by atoms with van der Waals surface area (Å²) in [7, 11) is 2.02. The van der Waals surface area contributed by atoms with Crippen LogP contribution in [0.5, 0.6) is 5.75 Å². The van der Waals surface area contributed by atoms with Crippen molar-refractivity contribution in [1.82, 2.24) is 14.5 Å². The van der Waals surface area contributed by atoms with Crippen molar-refractivity contribution < 1.29 is 9.47 Å². The minimum atomic E-state index is 0.0542. The van der Waals surface area contributed by atoms with Gasteiger partial charge in [0.25, 0.3) is 0 Å². The average molecular weight is 311 g/mol. The molecule has 1 fully saturated rings. The molecule has 1 aliphatic rings. The summed E-state index contributed by atoms with van der Waals surface area (Å²) in [6.07, 6.45) is 9.26. The molecule has 2 aromatic rings. The topological polar surface area (TPSA) is 39.5 Å². The molecule has 2 heterocycles. The number of imidazole rings is 1. The van der Waals surface area contributed by atoms with Crippen LogP contribution in [-0.4, -0.2) is 46.9 Å². The zero-order valence-electron chi connectivity index (χ0n) is 13.3. The van der Waals surface area contributed by atoms with Gasteiger partial charge < -0.3 is 14.0 Å². The second-order valence-corrected chi connectivity index (χ2v) is 5.67. The lowest BCUT2D eigenvalue weighted by atomic mass is 10.2. The third kappa shape index (κ3) is 4.13. The lowest BCUT2D eigenvalue weighted by molar-refractivity contribution is -0.0512. The summed E-state index contributed by atoms with van der Waals surface area (Å²) in [5, 5.41) is 0. The van der Waals surface area contributed by atoms with Gasteiger partial charge >= 0.3 is 0 Å². The minimum absolute atomic E-state index is 0.0542. The number of aryl methyl sites for hydroxylation is 1. The van der Waals surface area contributed by atoms with E-state index in [1.807, 2.05) is 48.3 Å². The van der Waals surface area contributed by atoms with Crippen LogP contribution < -0.4 is 4.74 Å². The van der Waals surface area contributed by atoms with Crippen LogP contribution in [0.3, 0.4) is 0 Å². The number of aromatic nitrogens is 2. The van der Waals surface area contributed by atoms with E-state index in [2.05, 4.69) is 15.8 Å². The molecular weight excluding hydrogens is 290 g/mol. The highest BCUT2D eigenvalue weighted by Crippen LogP contribution is 2.15. The van der Waals surface area contributed by atoms with Gasteiger partial charge in [-0.15, -0.1) is 6.42 Å². The molecule has 0 aliphatic carbocycles. The zero-order valence-corrected chi connectivity index (χ0v) is 13.3. The first-order valence-corrected chi connectivity index (χ1v) is 7.74. The number of morpholine rings is 1. The van der Waals surface area contributed by atoms with Crippen molar-refractivity contribution in [3.8, 4) is 18.1 Å². The first kappa shape index (κ1) is 15.6. The van der Waals surface area contributed by atoms with E-state index in [-0.39, 0.29) is 6.10 Å². The summed E-state index contributed by atoms with van der Waals surface area (Å²) in [4.78, 5) is 6.72. The largest absolute Gasteiger partial charge is 0.491 e. The molecule has 1 unspecified atom stereocenters. The molecule has 1 atom stereocenters. The Bertz CT molecular complexity index is 690. The number of hydrogen-bond acceptors (Lipinski definition) is 4. The monoisotopic (exact) mass is 311 g/mol. The first-order valence-electron chi connectivity index (χ1n) is 7.74. The Labute approximate surface area is 136 Å². The van der Waals surface area contributed by atoms with Crippen LogP contribution >= 0.6 is 0 Å². The number of terminal acetylenes is 1. The van der Waals surface area contributed by atoms with Crippen LogP contribution in [0.1, 0.15) is 11.4 Å². The van der Waals surface area contributed by atoms with Crippen molar-refractivity contribution >= 4 is 0 Å². The first-order chi connectivity index (χ1) is 11.2. The van der Waals surface area contributed by atoms with Gasteiger partial charge in [-0.1, -0.05) is 12.0 Å². The summed E-state index contributed by atoms with van der Waals surface area (Å²) >= 11 is 0. The van der Waals surface area contributed by atoms with Gasteiger partial charge in [0.1, 0.15) is 24.3 Å². The van der Waals surface area contributed by atoms with E-state index >= 15 is 0 Å². The molecule has 0 amide bonds. The number of benzene rings is 1. The molecule has 0 radical (unpaired) electrons. The maximum atomic E-state index is 5.83. The van der Waals surface area contributed by atoms with E-state index in [4.69, 9.17) is 15.9 Å². The smallest absolute Gasteiger partial charge is 0.122 e. The van der Waals surface area contributed by atoms with Gasteiger partial charge in [-0.25, -0.2) is 4.98 Å². The molecule has 5 heteroatoms. The Morgan fingerprint density at radius 2 is 2.39 bits per heavy atom. The van der Waals surface area contributed by atoms with E-state index in [0.717, 1.165) is 36.8 Å². The summed E-state index contributed by atoms with van der Waals surface area (Å²) in [6.45, 7) is 3.81. The Hall–Kier alpha value is -2.29. The Kier molecular flexibility index (Phi) is 4.96. The van der Waals surface area contributed by atoms with Gasteiger partial charge in [0.2, 0.25) is 0 Å². The molecule has 5 nitrogen and oxygen atoms in total. The summed E-state index contributed by atoms with van der Waals surface area (Å²) in [6, 6.07) is 7.57. The van der Waals surface area contributed by atoms with Crippen molar-refractivity contribution in [2.24, 2.45) is 7.05 Å². The van der Waals surface area contributed by atoms with Gasteiger partial charge in [-0.3, -0.25) is 4.90 Å². The molecule has 1 saturated heterocycles. The lowest BCUT2D eigenvalue weighted by Crippen LogP contribution is -2.44. The SMILES string of the molecule is C#Cc1cccc(OCC2CN(Cc3nccn3C)CCO2)c1. The van der Waals surface area contributed by atoms with Gasteiger partial charge in [0, 0.05) is 38.1 Å². The van der Waals surface area contributed by atoms with Crippen LogP contribution in [0, 0.1) is 12.3 Å². The maximum Gasteiger partial charge on any atom is 0.122 e. The molecule has 23 heavy (non-hydrogen) atoms. The van der Waals surface area contributed by atoms with Crippen molar-refractivity contribution in [3.05, 3.63) is 48.0 Å². The average Bonchev–Trinajstić information content (AvgIpc) is 2.98. The van der Waals surface area contributed by atoms with E-state index < -0.39 is 0 Å². The molecule has 1 aliphatic heterocycles. The second kappa shape index (κ2) is 7.32. The number of hydrogen-bond donors (Lipinski definition) is 0. The molecule has 1 aromatic heterocycles. The summed E-state index contributed by atoms with van der Waals surface area (Å²) in [5.41, 5.74) is 0.823. The van der Waals surface area contributed by atoms with Crippen LogP contribution in [-0.2, 0) is 18.3 Å². The van der Waals surface area contributed by atoms with Gasteiger partial charge in [0.05, 0.1) is 13.2 Å². The van der Waals surface area contributed by atoms with Crippen LogP contribution in [0.2, 0.25) is 0 Å². The van der Waals surface area contributed by atoms with E-state index in [1.54, 1.807) is 0 Å². The van der Waals surface area contributed by atoms with Crippen LogP contribution in [0.4, 0.5) is 0 Å². The summed E-state index contributed by atoms with van der Waals surface area (Å²) in [5.74, 6) is 4.46. The van der Waals surface area contributed by atoms with E-state index in [1.165, 1.54) is 0 Å². The Balaban J connectivity index is 1.52. The number of nitrogens with zero attached hydrogens (tertiary/aromatic N) is 3. The van der Waals surface area contributed by atoms with E-state index in [0.29, 0.717) is 13.2 Å². The van der Waals surface area contributed by atoms with Crippen LogP contribution in [0.15, 0.2) is 36.7 Å². The van der Waals surface area contributed by atoms with Crippen LogP contribution in [0.25, 0.3) is 0 Å². The molecule has 3 rings (SSSR count). The molecule has 120 valence electrons. The molecule has 1 aromatic carbocycles. The van der Waals surface area contributed by atoms with Gasteiger partial charge in [-0.05, 0) is 18.2 Å². The number of rotatable bonds is 5. The molecule has 0 N–H and O–H groups in total. The fourth-order valence-corrected chi connectivity index (χ4v) is 2.64. The maximum absolute atomic E-state index is 5.83. The normalized spacial score (nSPS) is 18.5. The minimum Gasteiger partial charge on any atom is -0.491 e. The van der Waals surface area contributed by atoms with Crippen molar-refractivity contribution in [3.63, 3.8) is 0 Å². The Morgan fingerprint density at radius 3 is 3.17 bits per heavy atom. The second-order valence-electron chi connectivity index (χ2n) is 5.67. The third-order valence-corrected chi connectivity index (χ3v) is 3.95. The van der Waals surface area contributed by atoms with Crippen molar-refractivity contribution in [2.45, 2.75) is 12.6 Å². The number of ether oxygens (including phenoxy) is 2. The predicted molar refractivity (Wildman–Crippen MR) is 88.1 cm³/mol. The van der Waals surface area contributed by atoms with Gasteiger partial charge in [-0.2, -0.15) is 0 Å². The fourth-order valence-electron chi connectivity index (χ4n) is 2.64. The van der Waals surface area contributed by atoms with Crippen molar-refractivity contribution in [1.29, 1.82) is 0 Å². The van der Waals surface area contributed by atoms with E-state index in [9.17, 15) is 0 Å².